The van der Waals surface area contributed by atoms with Crippen LogP contribution in [0.15, 0.2) is 34.5 Å². The molecule has 0 saturated carbocycles. The maximum Gasteiger partial charge on any atom is 0.257 e. The van der Waals surface area contributed by atoms with Crippen LogP contribution in [0.1, 0.15) is 15.9 Å². The van der Waals surface area contributed by atoms with E-state index in [1.165, 1.54) is 10.4 Å². The molecule has 9 heteroatoms. The maximum atomic E-state index is 12.6. The predicted octanol–water partition coefficient (Wildman–Crippen LogP) is 2.56. The van der Waals surface area contributed by atoms with Crippen LogP contribution in [0.5, 0.6) is 5.75 Å². The van der Waals surface area contributed by atoms with Crippen molar-refractivity contribution in [2.24, 2.45) is 0 Å². The highest BCUT2D eigenvalue weighted by Gasteiger charge is 2.32. The summed E-state index contributed by atoms with van der Waals surface area (Å²) in [6.45, 7) is 2.67. The number of nitrogens with zero attached hydrogens (tertiary/aromatic N) is 2. The molecule has 1 aromatic carbocycles. The first-order chi connectivity index (χ1) is 11.8. The van der Waals surface area contributed by atoms with Gasteiger partial charge in [0.2, 0.25) is 0 Å². The number of aryl methyl sites for hydroxylation is 1. The zero-order valence-corrected chi connectivity index (χ0v) is 15.9. The smallest absolute Gasteiger partial charge is 0.257 e. The number of aromatic hydroxyl groups is 1. The lowest BCUT2D eigenvalue weighted by Gasteiger charge is -2.33. The summed E-state index contributed by atoms with van der Waals surface area (Å²) in [4.78, 5) is 14.1. The van der Waals surface area contributed by atoms with Gasteiger partial charge >= 0.3 is 0 Å². The Hall–Kier alpha value is -1.61. The van der Waals surface area contributed by atoms with Gasteiger partial charge in [-0.2, -0.15) is 4.31 Å². The average molecular weight is 401 g/mol. The number of halogens is 1. The van der Waals surface area contributed by atoms with Gasteiger partial charge in [0.25, 0.3) is 15.9 Å². The van der Waals surface area contributed by atoms with E-state index in [-0.39, 0.29) is 47.6 Å². The zero-order valence-electron chi connectivity index (χ0n) is 13.5. The molecule has 0 atom stereocenters. The third-order valence-corrected chi connectivity index (χ3v) is 7.73. The predicted molar refractivity (Wildman–Crippen MR) is 96.8 cm³/mol. The molecule has 0 aliphatic carbocycles. The Morgan fingerprint density at radius 2 is 1.84 bits per heavy atom. The second-order valence-electron chi connectivity index (χ2n) is 5.73. The molecule has 0 spiro atoms. The Morgan fingerprint density at radius 1 is 1.16 bits per heavy atom. The number of para-hydroxylation sites is 1. The van der Waals surface area contributed by atoms with E-state index in [9.17, 15) is 18.3 Å². The summed E-state index contributed by atoms with van der Waals surface area (Å²) in [5.74, 6) is -0.326. The molecule has 2 heterocycles. The van der Waals surface area contributed by atoms with Crippen LogP contribution in [0.3, 0.4) is 0 Å². The summed E-state index contributed by atoms with van der Waals surface area (Å²) in [6.07, 6.45) is 0. The molecule has 25 heavy (non-hydrogen) atoms. The van der Waals surface area contributed by atoms with Gasteiger partial charge in [-0.1, -0.05) is 23.7 Å². The molecule has 0 unspecified atom stereocenters. The monoisotopic (exact) mass is 400 g/mol. The van der Waals surface area contributed by atoms with Crippen LogP contribution in [0.25, 0.3) is 0 Å². The highest BCUT2D eigenvalue weighted by Crippen LogP contribution is 2.29. The molecule has 2 aromatic rings. The van der Waals surface area contributed by atoms with E-state index in [1.54, 1.807) is 36.1 Å². The number of phenols is 1. The number of hydrogen-bond acceptors (Lipinski definition) is 5. The molecule has 6 nitrogen and oxygen atoms in total. The van der Waals surface area contributed by atoms with Crippen LogP contribution in [0.2, 0.25) is 4.34 Å². The van der Waals surface area contributed by atoms with Crippen molar-refractivity contribution < 1.29 is 18.3 Å². The standard InChI is InChI=1S/C16H17ClN2O4S2/c1-11-3-2-4-12(15(11)20)16(21)18-7-9-19(10-8-18)25(22,23)14-6-5-13(17)24-14/h2-6,20H,7-10H2,1H3. The number of hydrogen-bond donors (Lipinski definition) is 1. The van der Waals surface area contributed by atoms with Crippen molar-refractivity contribution in [1.29, 1.82) is 0 Å². The number of carbonyl (C=O) groups excluding carboxylic acids is 1. The Morgan fingerprint density at radius 3 is 2.44 bits per heavy atom. The number of phenolic OH excluding ortho intramolecular Hbond substituents is 1. The quantitative estimate of drug-likeness (QED) is 0.858. The average Bonchev–Trinajstić information content (AvgIpc) is 3.04. The molecular formula is C16H17ClN2O4S2. The third-order valence-electron chi connectivity index (χ3n) is 4.14. The molecule has 1 fully saturated rings. The van der Waals surface area contributed by atoms with Gasteiger partial charge in [-0.25, -0.2) is 8.42 Å². The summed E-state index contributed by atoms with van der Waals surface area (Å²) in [7, 11) is -3.59. The molecule has 1 aliphatic heterocycles. The molecule has 1 aromatic heterocycles. The molecule has 1 saturated heterocycles. The zero-order chi connectivity index (χ0) is 18.2. The highest BCUT2D eigenvalue weighted by atomic mass is 35.5. The van der Waals surface area contributed by atoms with Crippen LogP contribution in [-0.4, -0.2) is 54.8 Å². The lowest BCUT2D eigenvalue weighted by molar-refractivity contribution is 0.0695. The van der Waals surface area contributed by atoms with Crippen molar-refractivity contribution in [2.75, 3.05) is 26.2 Å². The van der Waals surface area contributed by atoms with Gasteiger partial charge < -0.3 is 10.0 Å². The Kier molecular flexibility index (Phi) is 5.06. The van der Waals surface area contributed by atoms with E-state index in [0.717, 1.165) is 11.3 Å². The summed E-state index contributed by atoms with van der Waals surface area (Å²) in [6, 6.07) is 8.05. The summed E-state index contributed by atoms with van der Waals surface area (Å²) < 4.78 is 27.1. The van der Waals surface area contributed by atoms with Crippen molar-refractivity contribution in [3.05, 3.63) is 45.8 Å². The minimum Gasteiger partial charge on any atom is -0.507 e. The van der Waals surface area contributed by atoms with Gasteiger partial charge in [0, 0.05) is 26.2 Å². The fourth-order valence-corrected chi connectivity index (χ4v) is 5.76. The lowest BCUT2D eigenvalue weighted by Crippen LogP contribution is -2.50. The molecule has 1 N–H and O–H groups in total. The van der Waals surface area contributed by atoms with Gasteiger partial charge in [0.1, 0.15) is 9.96 Å². The number of carbonyl (C=O) groups is 1. The van der Waals surface area contributed by atoms with Crippen molar-refractivity contribution >= 4 is 38.9 Å². The molecule has 0 bridgehead atoms. The Labute approximate surface area is 155 Å². The number of benzene rings is 1. The Balaban J connectivity index is 1.71. The molecule has 0 radical (unpaired) electrons. The van der Waals surface area contributed by atoms with Crippen LogP contribution in [0.4, 0.5) is 0 Å². The molecule has 1 aliphatic rings. The third kappa shape index (κ3) is 3.52. The van der Waals surface area contributed by atoms with E-state index < -0.39 is 10.0 Å². The Bertz CT molecular complexity index is 903. The number of rotatable bonds is 3. The molecule has 1 amide bonds. The largest absolute Gasteiger partial charge is 0.507 e. The second-order valence-corrected chi connectivity index (χ2v) is 9.61. The van der Waals surface area contributed by atoms with E-state index in [0.29, 0.717) is 9.90 Å². The van der Waals surface area contributed by atoms with Crippen molar-refractivity contribution in [1.82, 2.24) is 9.21 Å². The van der Waals surface area contributed by atoms with Gasteiger partial charge in [0.05, 0.1) is 9.90 Å². The first-order valence-corrected chi connectivity index (χ1v) is 10.3. The topological polar surface area (TPSA) is 77.9 Å². The van der Waals surface area contributed by atoms with E-state index >= 15 is 0 Å². The highest BCUT2D eigenvalue weighted by molar-refractivity contribution is 7.91. The van der Waals surface area contributed by atoms with Crippen LogP contribution in [-0.2, 0) is 10.0 Å². The second kappa shape index (κ2) is 6.95. The minimum atomic E-state index is -3.59. The van der Waals surface area contributed by atoms with Gasteiger partial charge in [-0.3, -0.25) is 4.79 Å². The van der Waals surface area contributed by atoms with Gasteiger partial charge in [0.15, 0.2) is 0 Å². The number of amides is 1. The summed E-state index contributed by atoms with van der Waals surface area (Å²) in [5.41, 5.74) is 0.864. The SMILES string of the molecule is Cc1cccc(C(=O)N2CCN(S(=O)(=O)c3ccc(Cl)s3)CC2)c1O. The number of sulfonamides is 1. The fourth-order valence-electron chi connectivity index (χ4n) is 2.70. The van der Waals surface area contributed by atoms with Gasteiger partial charge in [-0.15, -0.1) is 11.3 Å². The fraction of sp³-hybridized carbons (Fsp3) is 0.312. The van der Waals surface area contributed by atoms with E-state index in [1.807, 2.05) is 0 Å². The van der Waals surface area contributed by atoms with Crippen LogP contribution >= 0.6 is 22.9 Å². The maximum absolute atomic E-state index is 12.6. The van der Waals surface area contributed by atoms with Gasteiger partial charge in [-0.05, 0) is 30.7 Å². The van der Waals surface area contributed by atoms with Crippen molar-refractivity contribution in [2.45, 2.75) is 11.1 Å². The summed E-state index contributed by atoms with van der Waals surface area (Å²) in [5, 5.41) is 10.1. The van der Waals surface area contributed by atoms with Crippen LogP contribution in [0, 0.1) is 6.92 Å². The molecule has 3 rings (SSSR count). The molecule has 134 valence electrons. The number of piperazine rings is 1. The molecular weight excluding hydrogens is 384 g/mol. The number of thiophene rings is 1. The first kappa shape index (κ1) is 18.2. The summed E-state index contributed by atoms with van der Waals surface area (Å²) >= 11 is 6.84. The minimum absolute atomic E-state index is 0.0317. The van der Waals surface area contributed by atoms with Crippen LogP contribution < -0.4 is 0 Å². The van der Waals surface area contributed by atoms with E-state index in [4.69, 9.17) is 11.6 Å². The first-order valence-electron chi connectivity index (χ1n) is 7.64. The van der Waals surface area contributed by atoms with E-state index in [2.05, 4.69) is 0 Å². The van der Waals surface area contributed by atoms with Crippen molar-refractivity contribution in [3.63, 3.8) is 0 Å². The normalized spacial score (nSPS) is 16.2. The van der Waals surface area contributed by atoms with Crippen molar-refractivity contribution in [3.8, 4) is 5.75 Å². The lowest BCUT2D eigenvalue weighted by atomic mass is 10.1.